The number of nitrogens with zero attached hydrogens (tertiary/aromatic N) is 3. The van der Waals surface area contributed by atoms with Crippen molar-refractivity contribution >= 4 is 58.0 Å². The largest absolute Gasteiger partial charge is 0.390 e. The molecule has 2 heterocycles. The van der Waals surface area contributed by atoms with Gasteiger partial charge in [-0.05, 0) is 66.7 Å². The second kappa shape index (κ2) is 11.5. The Balaban J connectivity index is 1.23. The highest BCUT2D eigenvalue weighted by molar-refractivity contribution is 6.31. The molecule has 2 saturated heterocycles. The van der Waals surface area contributed by atoms with Crippen LogP contribution in [-0.2, 0) is 0 Å². The van der Waals surface area contributed by atoms with Crippen molar-refractivity contribution in [2.24, 2.45) is 0 Å². The maximum Gasteiger partial charge on any atom is 0.256 e. The standard InChI is InChI=1S/C28H27Cl3N4O3/c29-19-3-1-18(2-4-19)27(37)34-13-11-33(12-14-34)25-16-35(17-26(25)36)28(38)23-10-7-21(31)15-24(23)32-22-8-5-20(30)6-9-22/h1-10,15,25-26,32,36H,11-14,16-17H2/t25-,26-/m1/s1. The van der Waals surface area contributed by atoms with Gasteiger partial charge in [-0.15, -0.1) is 0 Å². The fourth-order valence-electron chi connectivity index (χ4n) is 4.99. The summed E-state index contributed by atoms with van der Waals surface area (Å²) < 4.78 is 0. The van der Waals surface area contributed by atoms with Gasteiger partial charge in [0.1, 0.15) is 0 Å². The Morgan fingerprint density at radius 2 is 1.34 bits per heavy atom. The van der Waals surface area contributed by atoms with Crippen LogP contribution in [0.5, 0.6) is 0 Å². The van der Waals surface area contributed by atoms with Crippen LogP contribution in [-0.4, -0.2) is 83.0 Å². The summed E-state index contributed by atoms with van der Waals surface area (Å²) in [5, 5.41) is 15.8. The first kappa shape index (κ1) is 26.8. The quantitative estimate of drug-likeness (QED) is 0.448. The third-order valence-electron chi connectivity index (χ3n) is 7.04. The Morgan fingerprint density at radius 1 is 0.737 bits per heavy atom. The molecule has 2 aliphatic rings. The molecule has 2 amide bonds. The van der Waals surface area contributed by atoms with Crippen molar-refractivity contribution in [1.82, 2.24) is 14.7 Å². The van der Waals surface area contributed by atoms with E-state index in [0.29, 0.717) is 64.6 Å². The monoisotopic (exact) mass is 572 g/mol. The molecule has 10 heteroatoms. The molecule has 0 spiro atoms. The van der Waals surface area contributed by atoms with Crippen LogP contribution < -0.4 is 5.32 Å². The van der Waals surface area contributed by atoms with Gasteiger partial charge in [-0.1, -0.05) is 34.8 Å². The zero-order valence-electron chi connectivity index (χ0n) is 20.5. The lowest BCUT2D eigenvalue weighted by Gasteiger charge is -2.38. The molecule has 3 aromatic carbocycles. The molecule has 2 N–H and O–H groups in total. The van der Waals surface area contributed by atoms with Crippen LogP contribution >= 0.6 is 34.8 Å². The molecule has 0 aliphatic carbocycles. The minimum Gasteiger partial charge on any atom is -0.390 e. The number of hydrogen-bond donors (Lipinski definition) is 2. The van der Waals surface area contributed by atoms with Crippen LogP contribution in [0.4, 0.5) is 11.4 Å². The lowest BCUT2D eigenvalue weighted by atomic mass is 10.1. The van der Waals surface area contributed by atoms with Crippen LogP contribution in [0, 0.1) is 0 Å². The van der Waals surface area contributed by atoms with Gasteiger partial charge in [0.25, 0.3) is 11.8 Å². The maximum absolute atomic E-state index is 13.5. The lowest BCUT2D eigenvalue weighted by molar-refractivity contribution is 0.0376. The number of anilines is 2. The Hall–Kier alpha value is -2.81. The normalized spacial score (nSPS) is 20.0. The molecule has 3 aromatic rings. The molecule has 0 saturated carbocycles. The molecular weight excluding hydrogens is 547 g/mol. The number of benzene rings is 3. The number of β-amino-alcohol motifs (C(OH)–C–C–N with tert-alkyl or cyclic N) is 1. The van der Waals surface area contributed by atoms with E-state index < -0.39 is 6.10 Å². The molecule has 5 rings (SSSR count). The second-order valence-corrected chi connectivity index (χ2v) is 10.8. The van der Waals surface area contributed by atoms with Crippen molar-refractivity contribution in [3.05, 3.63) is 92.9 Å². The molecule has 0 radical (unpaired) electrons. The van der Waals surface area contributed by atoms with Crippen LogP contribution in [0.25, 0.3) is 0 Å². The van der Waals surface area contributed by atoms with Gasteiger partial charge in [-0.3, -0.25) is 14.5 Å². The topological polar surface area (TPSA) is 76.1 Å². The Labute approximate surface area is 236 Å². The summed E-state index contributed by atoms with van der Waals surface area (Å²) in [5.74, 6) is -0.218. The first-order valence-corrected chi connectivity index (χ1v) is 13.5. The number of hydrogen-bond acceptors (Lipinski definition) is 5. The van der Waals surface area contributed by atoms with Crippen molar-refractivity contribution in [1.29, 1.82) is 0 Å². The van der Waals surface area contributed by atoms with Crippen molar-refractivity contribution in [3.63, 3.8) is 0 Å². The van der Waals surface area contributed by atoms with E-state index in [1.807, 2.05) is 17.0 Å². The number of carbonyl (C=O) groups is 2. The summed E-state index contributed by atoms with van der Waals surface area (Å²) in [6, 6.07) is 18.9. The van der Waals surface area contributed by atoms with Gasteiger partial charge >= 0.3 is 0 Å². The van der Waals surface area contributed by atoms with Crippen molar-refractivity contribution < 1.29 is 14.7 Å². The van der Waals surface area contributed by atoms with Crippen LogP contribution in [0.1, 0.15) is 20.7 Å². The maximum atomic E-state index is 13.5. The van der Waals surface area contributed by atoms with Gasteiger partial charge < -0.3 is 20.2 Å². The number of carbonyl (C=O) groups excluding carboxylic acids is 2. The minimum absolute atomic E-state index is 0.0338. The molecule has 0 bridgehead atoms. The van der Waals surface area contributed by atoms with E-state index in [-0.39, 0.29) is 24.4 Å². The number of amides is 2. The smallest absolute Gasteiger partial charge is 0.256 e. The fraction of sp³-hybridized carbons (Fsp3) is 0.286. The average molecular weight is 574 g/mol. The van der Waals surface area contributed by atoms with E-state index in [1.165, 1.54) is 0 Å². The zero-order valence-corrected chi connectivity index (χ0v) is 22.8. The van der Waals surface area contributed by atoms with E-state index in [0.717, 1.165) is 5.69 Å². The van der Waals surface area contributed by atoms with Crippen LogP contribution in [0.2, 0.25) is 15.1 Å². The average Bonchev–Trinajstić information content (AvgIpc) is 3.31. The minimum atomic E-state index is -0.683. The summed E-state index contributed by atoms with van der Waals surface area (Å²) in [4.78, 5) is 32.0. The molecule has 0 unspecified atom stereocenters. The first-order valence-electron chi connectivity index (χ1n) is 12.4. The predicted octanol–water partition coefficient (Wildman–Crippen LogP) is 5.03. The number of aliphatic hydroxyl groups excluding tert-OH is 1. The van der Waals surface area contributed by atoms with Crippen molar-refractivity contribution in [2.75, 3.05) is 44.6 Å². The molecule has 2 fully saturated rings. The van der Waals surface area contributed by atoms with E-state index in [4.69, 9.17) is 34.8 Å². The van der Waals surface area contributed by atoms with Crippen LogP contribution in [0.15, 0.2) is 66.7 Å². The van der Waals surface area contributed by atoms with Gasteiger partial charge in [0, 0.05) is 65.6 Å². The van der Waals surface area contributed by atoms with E-state index >= 15 is 0 Å². The molecule has 2 atom stereocenters. The molecule has 2 aliphatic heterocycles. The van der Waals surface area contributed by atoms with Crippen molar-refractivity contribution in [2.45, 2.75) is 12.1 Å². The van der Waals surface area contributed by atoms with E-state index in [1.54, 1.807) is 59.5 Å². The fourth-order valence-corrected chi connectivity index (χ4v) is 5.42. The lowest BCUT2D eigenvalue weighted by Crippen LogP contribution is -2.54. The highest BCUT2D eigenvalue weighted by Gasteiger charge is 2.39. The summed E-state index contributed by atoms with van der Waals surface area (Å²) >= 11 is 18.2. The Kier molecular flexibility index (Phi) is 8.12. The number of aliphatic hydroxyl groups is 1. The summed E-state index contributed by atoms with van der Waals surface area (Å²) in [6.45, 7) is 2.96. The van der Waals surface area contributed by atoms with E-state index in [9.17, 15) is 14.7 Å². The van der Waals surface area contributed by atoms with Gasteiger partial charge in [0.05, 0.1) is 23.4 Å². The van der Waals surface area contributed by atoms with Gasteiger partial charge in [-0.25, -0.2) is 0 Å². The highest BCUT2D eigenvalue weighted by atomic mass is 35.5. The third-order valence-corrected chi connectivity index (χ3v) is 7.78. The SMILES string of the molecule is O=C(c1ccc(Cl)cc1)N1CCN([C@@H]2CN(C(=O)c3ccc(Cl)cc3Nc3ccc(Cl)cc3)C[C@H]2O)CC1. The summed E-state index contributed by atoms with van der Waals surface area (Å²) in [5.41, 5.74) is 2.43. The molecular formula is C28H27Cl3N4O3. The highest BCUT2D eigenvalue weighted by Crippen LogP contribution is 2.29. The molecule has 198 valence electrons. The number of rotatable bonds is 5. The second-order valence-electron chi connectivity index (χ2n) is 9.50. The number of nitrogens with one attached hydrogen (secondary N) is 1. The number of halogens is 3. The Bertz CT molecular complexity index is 1310. The molecule has 0 aromatic heterocycles. The third kappa shape index (κ3) is 5.92. The first-order chi connectivity index (χ1) is 18.3. The summed E-state index contributed by atoms with van der Waals surface area (Å²) in [6.07, 6.45) is -0.683. The van der Waals surface area contributed by atoms with Crippen molar-refractivity contribution in [3.8, 4) is 0 Å². The van der Waals surface area contributed by atoms with Gasteiger partial charge in [-0.2, -0.15) is 0 Å². The number of piperazine rings is 1. The van der Waals surface area contributed by atoms with Crippen LogP contribution in [0.3, 0.4) is 0 Å². The summed E-state index contributed by atoms with van der Waals surface area (Å²) in [7, 11) is 0. The molecule has 7 nitrogen and oxygen atoms in total. The van der Waals surface area contributed by atoms with E-state index in [2.05, 4.69) is 10.2 Å². The Morgan fingerprint density at radius 3 is 2.00 bits per heavy atom. The van der Waals surface area contributed by atoms with Gasteiger partial charge in [0.2, 0.25) is 0 Å². The zero-order chi connectivity index (χ0) is 26.8. The number of likely N-dealkylation sites (tertiary alicyclic amines) is 1. The molecule has 38 heavy (non-hydrogen) atoms. The van der Waals surface area contributed by atoms with Gasteiger partial charge in [0.15, 0.2) is 0 Å². The predicted molar refractivity (Wildman–Crippen MR) is 151 cm³/mol.